The molecule has 0 amide bonds. The van der Waals surface area contributed by atoms with Crippen LogP contribution in [0.5, 0.6) is 0 Å². The molecule has 0 bridgehead atoms. The van der Waals surface area contributed by atoms with Gasteiger partial charge in [-0.25, -0.2) is 13.1 Å². The third-order valence-electron chi connectivity index (χ3n) is 4.71. The molecule has 2 N–H and O–H groups in total. The van der Waals surface area contributed by atoms with Gasteiger partial charge in [0.1, 0.15) is 11.5 Å². The molecule has 138 valence electrons. The van der Waals surface area contributed by atoms with Crippen LogP contribution in [0.4, 0.5) is 0 Å². The first kappa shape index (κ1) is 19.7. The number of benzene rings is 1. The fourth-order valence-corrected chi connectivity index (χ4v) is 4.78. The first-order valence-corrected chi connectivity index (χ1v) is 9.85. The van der Waals surface area contributed by atoms with Gasteiger partial charge >= 0.3 is 0 Å². The Hall–Kier alpha value is -1.63. The highest BCUT2D eigenvalue weighted by atomic mass is 32.2. The van der Waals surface area contributed by atoms with Gasteiger partial charge in [-0.05, 0) is 76.3 Å². The van der Waals surface area contributed by atoms with Gasteiger partial charge in [-0.15, -0.1) is 0 Å². The molecule has 5 nitrogen and oxygen atoms in total. The summed E-state index contributed by atoms with van der Waals surface area (Å²) in [7, 11) is -3.63. The van der Waals surface area contributed by atoms with Crippen LogP contribution in [0.1, 0.15) is 51.9 Å². The number of sulfonamides is 1. The molecule has 25 heavy (non-hydrogen) atoms. The van der Waals surface area contributed by atoms with E-state index in [9.17, 15) is 13.5 Å². The van der Waals surface area contributed by atoms with E-state index in [1.165, 1.54) is 0 Å². The van der Waals surface area contributed by atoms with Gasteiger partial charge in [0.05, 0.1) is 11.0 Å². The van der Waals surface area contributed by atoms with E-state index in [0.29, 0.717) is 16.2 Å². The van der Waals surface area contributed by atoms with Crippen LogP contribution in [0.2, 0.25) is 0 Å². The van der Waals surface area contributed by atoms with E-state index < -0.39 is 16.1 Å². The third-order valence-corrected chi connectivity index (χ3v) is 6.45. The van der Waals surface area contributed by atoms with Gasteiger partial charge in [-0.2, -0.15) is 0 Å². The molecule has 1 aromatic heterocycles. The maximum absolute atomic E-state index is 12.8. The Morgan fingerprint density at radius 1 is 1.04 bits per heavy atom. The second-order valence-corrected chi connectivity index (χ2v) is 8.36. The lowest BCUT2D eigenvalue weighted by atomic mass is 10.0. The molecule has 0 aliphatic carbocycles. The number of aliphatic hydroxyl groups excluding tert-OH is 1. The number of rotatable bonds is 6. The molecule has 0 spiro atoms. The van der Waals surface area contributed by atoms with Gasteiger partial charge in [0.15, 0.2) is 0 Å². The van der Waals surface area contributed by atoms with Crippen molar-refractivity contribution in [3.63, 3.8) is 0 Å². The molecule has 1 heterocycles. The quantitative estimate of drug-likeness (QED) is 0.821. The van der Waals surface area contributed by atoms with Gasteiger partial charge < -0.3 is 9.52 Å². The Bertz CT molecular complexity index is 855. The minimum atomic E-state index is -3.63. The topological polar surface area (TPSA) is 79.5 Å². The third kappa shape index (κ3) is 4.14. The molecule has 0 saturated heterocycles. The Morgan fingerprint density at radius 3 is 2.08 bits per heavy atom. The van der Waals surface area contributed by atoms with Crippen molar-refractivity contribution in [3.05, 3.63) is 51.5 Å². The van der Waals surface area contributed by atoms with E-state index in [-0.39, 0.29) is 13.0 Å². The summed E-state index contributed by atoms with van der Waals surface area (Å²) in [6.07, 6.45) is -0.483. The predicted octanol–water partition coefficient (Wildman–Crippen LogP) is 3.53. The average Bonchev–Trinajstić information content (AvgIpc) is 2.83. The standard InChI is InChI=1S/C19H27NO4S/c1-11-9-12(2)15(5)19(14(11)4)25(22,23)20-8-7-18(21)17-10-13(3)24-16(17)6/h9-10,18,20-21H,7-8H2,1-6H3. The summed E-state index contributed by atoms with van der Waals surface area (Å²) >= 11 is 0. The van der Waals surface area contributed by atoms with Crippen molar-refractivity contribution in [2.75, 3.05) is 6.54 Å². The normalized spacial score (nSPS) is 13.2. The van der Waals surface area contributed by atoms with Crippen molar-refractivity contribution in [2.24, 2.45) is 0 Å². The number of aryl methyl sites for hydroxylation is 4. The molecular weight excluding hydrogens is 338 g/mol. The largest absolute Gasteiger partial charge is 0.466 e. The van der Waals surface area contributed by atoms with Crippen molar-refractivity contribution in [1.29, 1.82) is 0 Å². The van der Waals surface area contributed by atoms with Crippen LogP contribution in [0, 0.1) is 41.5 Å². The van der Waals surface area contributed by atoms with Crippen molar-refractivity contribution in [2.45, 2.75) is 59.0 Å². The van der Waals surface area contributed by atoms with Crippen LogP contribution in [-0.2, 0) is 10.0 Å². The summed E-state index contributed by atoms with van der Waals surface area (Å²) in [5.41, 5.74) is 4.13. The fourth-order valence-electron chi connectivity index (χ4n) is 3.12. The first-order chi connectivity index (χ1) is 11.5. The van der Waals surface area contributed by atoms with Crippen molar-refractivity contribution >= 4 is 10.0 Å². The van der Waals surface area contributed by atoms with Crippen LogP contribution in [0.25, 0.3) is 0 Å². The van der Waals surface area contributed by atoms with Crippen LogP contribution < -0.4 is 4.72 Å². The Morgan fingerprint density at radius 2 is 1.60 bits per heavy atom. The van der Waals surface area contributed by atoms with Crippen molar-refractivity contribution in [3.8, 4) is 0 Å². The van der Waals surface area contributed by atoms with E-state index in [1.54, 1.807) is 13.0 Å². The van der Waals surface area contributed by atoms with Crippen LogP contribution >= 0.6 is 0 Å². The highest BCUT2D eigenvalue weighted by molar-refractivity contribution is 7.89. The lowest BCUT2D eigenvalue weighted by molar-refractivity contribution is 0.167. The molecule has 2 aromatic rings. The summed E-state index contributed by atoms with van der Waals surface area (Å²) < 4.78 is 33.5. The van der Waals surface area contributed by atoms with Crippen LogP contribution in [-0.4, -0.2) is 20.1 Å². The fraction of sp³-hybridized carbons (Fsp3) is 0.474. The van der Waals surface area contributed by atoms with E-state index in [4.69, 9.17) is 4.42 Å². The van der Waals surface area contributed by atoms with Gasteiger partial charge in [0, 0.05) is 12.1 Å². The Kier molecular flexibility index (Phi) is 5.76. The molecule has 0 aliphatic heterocycles. The summed E-state index contributed by atoms with van der Waals surface area (Å²) in [6, 6.07) is 3.78. The van der Waals surface area contributed by atoms with Crippen molar-refractivity contribution in [1.82, 2.24) is 4.72 Å². The second-order valence-electron chi connectivity index (χ2n) is 6.66. The first-order valence-electron chi connectivity index (χ1n) is 8.36. The van der Waals surface area contributed by atoms with E-state index in [2.05, 4.69) is 4.72 Å². The molecule has 6 heteroatoms. The maximum atomic E-state index is 12.8. The summed E-state index contributed by atoms with van der Waals surface area (Å²) in [5.74, 6) is 1.39. The van der Waals surface area contributed by atoms with E-state index in [1.807, 2.05) is 40.7 Å². The highest BCUT2D eigenvalue weighted by Gasteiger charge is 2.22. The number of hydrogen-bond acceptors (Lipinski definition) is 4. The van der Waals surface area contributed by atoms with Gasteiger partial charge in [0.2, 0.25) is 10.0 Å². The van der Waals surface area contributed by atoms with Crippen molar-refractivity contribution < 1.29 is 17.9 Å². The Labute approximate surface area is 150 Å². The molecule has 0 aliphatic rings. The number of hydrogen-bond donors (Lipinski definition) is 2. The molecule has 0 saturated carbocycles. The lowest BCUT2D eigenvalue weighted by Crippen LogP contribution is -2.27. The zero-order chi connectivity index (χ0) is 18.9. The van der Waals surface area contributed by atoms with Crippen LogP contribution in [0.3, 0.4) is 0 Å². The minimum Gasteiger partial charge on any atom is -0.466 e. The summed E-state index contributed by atoms with van der Waals surface area (Å²) in [4.78, 5) is 0.342. The number of aliphatic hydroxyl groups is 1. The van der Waals surface area contributed by atoms with Gasteiger partial charge in [-0.1, -0.05) is 6.07 Å². The molecule has 1 atom stereocenters. The molecule has 0 radical (unpaired) electrons. The number of nitrogens with one attached hydrogen (secondary N) is 1. The van der Waals surface area contributed by atoms with E-state index >= 15 is 0 Å². The average molecular weight is 365 g/mol. The monoisotopic (exact) mass is 365 g/mol. The second kappa shape index (κ2) is 7.32. The molecule has 2 rings (SSSR count). The molecule has 1 unspecified atom stereocenters. The van der Waals surface area contributed by atoms with Gasteiger partial charge in [-0.3, -0.25) is 0 Å². The van der Waals surface area contributed by atoms with E-state index in [0.717, 1.165) is 28.0 Å². The zero-order valence-corrected chi connectivity index (χ0v) is 16.5. The predicted molar refractivity (Wildman–Crippen MR) is 98.3 cm³/mol. The molecule has 1 aromatic carbocycles. The summed E-state index contributed by atoms with van der Waals surface area (Å²) in [6.45, 7) is 11.2. The summed E-state index contributed by atoms with van der Waals surface area (Å²) in [5, 5.41) is 10.3. The SMILES string of the molecule is Cc1cc(C(O)CCNS(=O)(=O)c2c(C)c(C)cc(C)c2C)c(C)o1. The highest BCUT2D eigenvalue weighted by Crippen LogP contribution is 2.27. The maximum Gasteiger partial charge on any atom is 0.241 e. The minimum absolute atomic E-state index is 0.152. The molecular formula is C19H27NO4S. The number of furan rings is 1. The smallest absolute Gasteiger partial charge is 0.241 e. The Balaban J connectivity index is 2.14. The zero-order valence-electron chi connectivity index (χ0n) is 15.7. The lowest BCUT2D eigenvalue weighted by Gasteiger charge is -2.17. The van der Waals surface area contributed by atoms with Gasteiger partial charge in [0.25, 0.3) is 0 Å². The van der Waals surface area contributed by atoms with Crippen LogP contribution in [0.15, 0.2) is 21.4 Å². The molecule has 0 fully saturated rings.